The zero-order chi connectivity index (χ0) is 20.6. The van der Waals surface area contributed by atoms with Gasteiger partial charge in [0.1, 0.15) is 0 Å². The molecule has 3 aromatic rings. The molecule has 29 heavy (non-hydrogen) atoms. The van der Waals surface area contributed by atoms with Gasteiger partial charge in [0.15, 0.2) is 5.76 Å². The third-order valence-corrected chi connectivity index (χ3v) is 4.18. The summed E-state index contributed by atoms with van der Waals surface area (Å²) in [4.78, 5) is 35.9. The van der Waals surface area contributed by atoms with Crippen LogP contribution in [-0.2, 0) is 11.3 Å². The molecule has 3 N–H and O–H groups in total. The first-order valence-electron chi connectivity index (χ1n) is 8.75. The summed E-state index contributed by atoms with van der Waals surface area (Å²) in [7, 11) is 0. The molecule has 0 saturated carbocycles. The lowest BCUT2D eigenvalue weighted by atomic mass is 10.2. The highest BCUT2D eigenvalue weighted by Crippen LogP contribution is 2.12. The van der Waals surface area contributed by atoms with E-state index in [2.05, 4.69) is 16.0 Å². The van der Waals surface area contributed by atoms with Gasteiger partial charge < -0.3 is 20.4 Å². The molecule has 2 aromatic carbocycles. The number of halogens is 1. The average molecular weight is 412 g/mol. The van der Waals surface area contributed by atoms with Gasteiger partial charge in [-0.2, -0.15) is 0 Å². The minimum Gasteiger partial charge on any atom is -0.459 e. The van der Waals surface area contributed by atoms with Crippen LogP contribution < -0.4 is 16.0 Å². The van der Waals surface area contributed by atoms with E-state index in [0.717, 1.165) is 5.56 Å². The van der Waals surface area contributed by atoms with Crippen molar-refractivity contribution in [3.05, 3.63) is 88.8 Å². The Morgan fingerprint density at radius 3 is 2.38 bits per heavy atom. The zero-order valence-electron chi connectivity index (χ0n) is 15.3. The first kappa shape index (κ1) is 20.2. The summed E-state index contributed by atoms with van der Waals surface area (Å²) >= 11 is 5.85. The Bertz CT molecular complexity index is 1000. The summed E-state index contributed by atoms with van der Waals surface area (Å²) in [6.07, 6.45) is 1.43. The van der Waals surface area contributed by atoms with Crippen molar-refractivity contribution in [2.45, 2.75) is 6.54 Å². The maximum Gasteiger partial charge on any atom is 0.291 e. The summed E-state index contributed by atoms with van der Waals surface area (Å²) in [6.45, 7) is 0.140. The molecular formula is C21H18ClN3O4. The Hall–Kier alpha value is -3.58. The highest BCUT2D eigenvalue weighted by Gasteiger charge is 2.10. The van der Waals surface area contributed by atoms with Gasteiger partial charge in [0.2, 0.25) is 5.91 Å². The van der Waals surface area contributed by atoms with Gasteiger partial charge in [-0.15, -0.1) is 0 Å². The number of nitrogens with one attached hydrogen (secondary N) is 3. The lowest BCUT2D eigenvalue weighted by molar-refractivity contribution is -0.120. The van der Waals surface area contributed by atoms with Gasteiger partial charge in [-0.1, -0.05) is 29.8 Å². The predicted octanol–water partition coefficient (Wildman–Crippen LogP) is 3.23. The van der Waals surface area contributed by atoms with Gasteiger partial charge >= 0.3 is 0 Å². The van der Waals surface area contributed by atoms with E-state index >= 15 is 0 Å². The third kappa shape index (κ3) is 5.95. The van der Waals surface area contributed by atoms with Gasteiger partial charge in [-0.3, -0.25) is 14.4 Å². The molecule has 1 aromatic heterocycles. The van der Waals surface area contributed by atoms with Crippen LogP contribution in [0.1, 0.15) is 26.5 Å². The standard InChI is InChI=1S/C21H18ClN3O4/c22-16-4-1-3-15(11-16)20(27)24-13-19(26)23-12-14-6-8-17(9-7-14)25-21(28)18-5-2-10-29-18/h1-11H,12-13H2,(H,23,26)(H,24,27)(H,25,28). The molecule has 0 bridgehead atoms. The summed E-state index contributed by atoms with van der Waals surface area (Å²) in [5, 5.41) is 8.42. The molecule has 3 amide bonds. The van der Waals surface area contributed by atoms with E-state index in [0.29, 0.717) is 16.3 Å². The summed E-state index contributed by atoms with van der Waals surface area (Å²) in [5.41, 5.74) is 1.84. The second-order valence-electron chi connectivity index (χ2n) is 6.10. The number of anilines is 1. The first-order valence-corrected chi connectivity index (χ1v) is 9.13. The van der Waals surface area contributed by atoms with E-state index in [-0.39, 0.29) is 36.6 Å². The van der Waals surface area contributed by atoms with Gasteiger partial charge in [-0.05, 0) is 48.0 Å². The molecule has 3 rings (SSSR count). The number of hydrogen-bond acceptors (Lipinski definition) is 4. The molecule has 0 aliphatic rings. The van der Waals surface area contributed by atoms with E-state index in [1.807, 2.05) is 0 Å². The Morgan fingerprint density at radius 2 is 1.69 bits per heavy atom. The van der Waals surface area contributed by atoms with Crippen LogP contribution in [0.25, 0.3) is 0 Å². The summed E-state index contributed by atoms with van der Waals surface area (Å²) in [6, 6.07) is 16.7. The van der Waals surface area contributed by atoms with Crippen molar-refractivity contribution in [2.24, 2.45) is 0 Å². The number of benzene rings is 2. The Kier molecular flexibility index (Phi) is 6.65. The molecule has 0 unspecified atom stereocenters. The number of rotatable bonds is 7. The highest BCUT2D eigenvalue weighted by atomic mass is 35.5. The van der Waals surface area contributed by atoms with Crippen LogP contribution in [0, 0.1) is 0 Å². The lowest BCUT2D eigenvalue weighted by Gasteiger charge is -2.08. The average Bonchev–Trinajstić information content (AvgIpc) is 3.26. The molecule has 148 valence electrons. The molecular weight excluding hydrogens is 394 g/mol. The van der Waals surface area contributed by atoms with Crippen LogP contribution in [0.2, 0.25) is 5.02 Å². The topological polar surface area (TPSA) is 100 Å². The number of hydrogen-bond donors (Lipinski definition) is 3. The molecule has 0 aliphatic carbocycles. The van der Waals surface area contributed by atoms with Crippen molar-refractivity contribution < 1.29 is 18.8 Å². The van der Waals surface area contributed by atoms with E-state index in [4.69, 9.17) is 16.0 Å². The fourth-order valence-electron chi connectivity index (χ4n) is 2.46. The molecule has 7 nitrogen and oxygen atoms in total. The fraction of sp³-hybridized carbons (Fsp3) is 0.0952. The maximum absolute atomic E-state index is 12.0. The summed E-state index contributed by atoms with van der Waals surface area (Å²) < 4.78 is 5.03. The molecule has 0 saturated heterocycles. The van der Waals surface area contributed by atoms with Crippen LogP contribution in [0.15, 0.2) is 71.3 Å². The quantitative estimate of drug-likeness (QED) is 0.555. The first-order chi connectivity index (χ1) is 14.0. The van der Waals surface area contributed by atoms with E-state index in [9.17, 15) is 14.4 Å². The number of carbonyl (C=O) groups is 3. The minimum absolute atomic E-state index is 0.150. The Morgan fingerprint density at radius 1 is 0.897 bits per heavy atom. The monoisotopic (exact) mass is 411 g/mol. The van der Waals surface area contributed by atoms with Crippen LogP contribution in [0.5, 0.6) is 0 Å². The highest BCUT2D eigenvalue weighted by molar-refractivity contribution is 6.31. The normalized spacial score (nSPS) is 10.2. The second-order valence-corrected chi connectivity index (χ2v) is 6.53. The van der Waals surface area contributed by atoms with Crippen molar-refractivity contribution in [3.63, 3.8) is 0 Å². The lowest BCUT2D eigenvalue weighted by Crippen LogP contribution is -2.36. The third-order valence-electron chi connectivity index (χ3n) is 3.94. The van der Waals surface area contributed by atoms with Crippen LogP contribution >= 0.6 is 11.6 Å². The van der Waals surface area contributed by atoms with Crippen molar-refractivity contribution in [1.29, 1.82) is 0 Å². The molecule has 0 radical (unpaired) electrons. The Labute approximate surface area is 172 Å². The number of amides is 3. The largest absolute Gasteiger partial charge is 0.459 e. The SMILES string of the molecule is O=C(CNC(=O)c1cccc(Cl)c1)NCc1ccc(NC(=O)c2ccco2)cc1. The fourth-order valence-corrected chi connectivity index (χ4v) is 2.65. The van der Waals surface area contributed by atoms with Crippen LogP contribution in [0.4, 0.5) is 5.69 Å². The molecule has 0 spiro atoms. The zero-order valence-corrected chi connectivity index (χ0v) is 16.0. The van der Waals surface area contributed by atoms with Gasteiger partial charge in [0.05, 0.1) is 12.8 Å². The van der Waals surface area contributed by atoms with E-state index < -0.39 is 0 Å². The Balaban J connectivity index is 1.43. The van der Waals surface area contributed by atoms with Gasteiger partial charge in [0, 0.05) is 22.8 Å². The second kappa shape index (κ2) is 9.57. The number of carbonyl (C=O) groups excluding carboxylic acids is 3. The molecule has 8 heteroatoms. The van der Waals surface area contributed by atoms with Crippen LogP contribution in [-0.4, -0.2) is 24.3 Å². The number of furan rings is 1. The van der Waals surface area contributed by atoms with Crippen LogP contribution in [0.3, 0.4) is 0 Å². The van der Waals surface area contributed by atoms with Gasteiger partial charge in [-0.25, -0.2) is 0 Å². The predicted molar refractivity (Wildman–Crippen MR) is 109 cm³/mol. The van der Waals surface area contributed by atoms with E-state index in [1.165, 1.54) is 12.3 Å². The van der Waals surface area contributed by atoms with Crippen molar-refractivity contribution in [1.82, 2.24) is 10.6 Å². The molecule has 0 fully saturated rings. The van der Waals surface area contributed by atoms with Gasteiger partial charge in [0.25, 0.3) is 11.8 Å². The summed E-state index contributed by atoms with van der Waals surface area (Å²) in [5.74, 6) is -0.817. The van der Waals surface area contributed by atoms with Crippen molar-refractivity contribution >= 4 is 35.0 Å². The maximum atomic E-state index is 12.0. The molecule has 0 atom stereocenters. The molecule has 1 heterocycles. The smallest absolute Gasteiger partial charge is 0.291 e. The van der Waals surface area contributed by atoms with Crippen molar-refractivity contribution in [3.8, 4) is 0 Å². The molecule has 0 aliphatic heterocycles. The van der Waals surface area contributed by atoms with E-state index in [1.54, 1.807) is 54.6 Å². The minimum atomic E-state index is -0.376. The van der Waals surface area contributed by atoms with Crippen molar-refractivity contribution in [2.75, 3.05) is 11.9 Å².